The number of aryl methyl sites for hydroxylation is 1. The van der Waals surface area contributed by atoms with E-state index in [0.717, 1.165) is 43.6 Å². The van der Waals surface area contributed by atoms with Crippen molar-refractivity contribution < 1.29 is 9.13 Å². The van der Waals surface area contributed by atoms with Gasteiger partial charge in [0.05, 0.1) is 19.0 Å². The van der Waals surface area contributed by atoms with Crippen LogP contribution in [0.3, 0.4) is 0 Å². The van der Waals surface area contributed by atoms with Crippen LogP contribution in [-0.2, 0) is 6.42 Å². The van der Waals surface area contributed by atoms with Gasteiger partial charge < -0.3 is 4.74 Å². The number of hydrogen-bond donors (Lipinski definition) is 0. The van der Waals surface area contributed by atoms with E-state index in [1.807, 2.05) is 12.1 Å². The molecule has 0 unspecified atom stereocenters. The Balaban J connectivity index is 1.69. The zero-order chi connectivity index (χ0) is 22.2. The van der Waals surface area contributed by atoms with Crippen LogP contribution in [0.15, 0.2) is 36.7 Å². The SMILES string of the molecule is CCCCCCCCOc1cnc(-c2ccc(CC[C@@H](F)CCCCCC)cc2)nc1. The third kappa shape index (κ3) is 10.8. The molecule has 4 heteroatoms. The second-order valence-electron chi connectivity index (χ2n) is 8.54. The first-order valence-corrected chi connectivity index (χ1v) is 12.4. The van der Waals surface area contributed by atoms with Crippen LogP contribution in [0.1, 0.15) is 96.5 Å². The first-order valence-electron chi connectivity index (χ1n) is 12.4. The summed E-state index contributed by atoms with van der Waals surface area (Å²) < 4.78 is 19.8. The third-order valence-electron chi connectivity index (χ3n) is 5.72. The van der Waals surface area contributed by atoms with Gasteiger partial charge >= 0.3 is 0 Å². The minimum absolute atomic E-state index is 0.604. The van der Waals surface area contributed by atoms with Crippen molar-refractivity contribution in [1.82, 2.24) is 9.97 Å². The van der Waals surface area contributed by atoms with Gasteiger partial charge in [-0.25, -0.2) is 14.4 Å². The number of halogens is 1. The molecule has 1 heterocycles. The lowest BCUT2D eigenvalue weighted by Crippen LogP contribution is -2.02. The number of ether oxygens (including phenoxy) is 1. The molecule has 0 amide bonds. The maximum atomic E-state index is 14.0. The topological polar surface area (TPSA) is 35.0 Å². The van der Waals surface area contributed by atoms with Crippen molar-refractivity contribution in [3.05, 3.63) is 42.2 Å². The third-order valence-corrected chi connectivity index (χ3v) is 5.72. The van der Waals surface area contributed by atoms with Crippen molar-refractivity contribution in [2.24, 2.45) is 0 Å². The summed E-state index contributed by atoms with van der Waals surface area (Å²) in [6, 6.07) is 8.17. The highest BCUT2D eigenvalue weighted by Crippen LogP contribution is 2.20. The Kier molecular flexibility index (Phi) is 12.9. The van der Waals surface area contributed by atoms with E-state index in [-0.39, 0.29) is 0 Å². The molecule has 0 radical (unpaired) electrons. The normalized spacial score (nSPS) is 12.1. The summed E-state index contributed by atoms with van der Waals surface area (Å²) >= 11 is 0. The van der Waals surface area contributed by atoms with Crippen LogP contribution >= 0.6 is 0 Å². The molecule has 2 rings (SSSR count). The highest BCUT2D eigenvalue weighted by molar-refractivity contribution is 5.55. The second kappa shape index (κ2) is 15.8. The molecule has 0 aliphatic rings. The zero-order valence-corrected chi connectivity index (χ0v) is 19.6. The fourth-order valence-corrected chi connectivity index (χ4v) is 3.69. The molecule has 0 spiro atoms. The van der Waals surface area contributed by atoms with Gasteiger partial charge in [0.1, 0.15) is 6.17 Å². The lowest BCUT2D eigenvalue weighted by molar-refractivity contribution is 0.288. The fraction of sp³-hybridized carbons (Fsp3) is 0.630. The van der Waals surface area contributed by atoms with E-state index in [9.17, 15) is 4.39 Å². The van der Waals surface area contributed by atoms with E-state index in [1.54, 1.807) is 12.4 Å². The van der Waals surface area contributed by atoms with Gasteiger partial charge in [0.2, 0.25) is 0 Å². The maximum absolute atomic E-state index is 14.0. The molecule has 0 saturated heterocycles. The quantitative estimate of drug-likeness (QED) is 0.239. The number of nitrogens with zero attached hydrogens (tertiary/aromatic N) is 2. The summed E-state index contributed by atoms with van der Waals surface area (Å²) in [5.41, 5.74) is 2.14. The number of hydrogen-bond acceptors (Lipinski definition) is 3. The Hall–Kier alpha value is -1.97. The summed E-state index contributed by atoms with van der Waals surface area (Å²) in [4.78, 5) is 8.89. The number of rotatable bonds is 17. The predicted molar refractivity (Wildman–Crippen MR) is 128 cm³/mol. The Morgan fingerprint density at radius 2 is 1.39 bits per heavy atom. The van der Waals surface area contributed by atoms with Gasteiger partial charge in [0.15, 0.2) is 11.6 Å². The molecule has 0 aliphatic carbocycles. The lowest BCUT2D eigenvalue weighted by Gasteiger charge is -2.09. The van der Waals surface area contributed by atoms with Crippen molar-refractivity contribution in [3.8, 4) is 17.1 Å². The predicted octanol–water partition coefficient (Wildman–Crippen LogP) is 8.12. The van der Waals surface area contributed by atoms with Crippen LogP contribution in [0, 0.1) is 0 Å². The Morgan fingerprint density at radius 1 is 0.774 bits per heavy atom. The highest BCUT2D eigenvalue weighted by atomic mass is 19.1. The standard InChI is InChI=1S/C27H41FN2O/c1-3-5-7-9-10-12-20-31-26-21-29-27(30-22-26)24-17-14-23(15-18-24)16-19-25(28)13-11-8-6-4-2/h14-15,17-18,21-22,25H,3-13,16,19-20H2,1-2H3/t25-/m0/s1. The van der Waals surface area contributed by atoms with E-state index in [1.165, 1.54) is 50.5 Å². The first-order chi connectivity index (χ1) is 15.2. The van der Waals surface area contributed by atoms with E-state index in [0.29, 0.717) is 18.7 Å². The Labute approximate surface area is 188 Å². The molecule has 172 valence electrons. The summed E-state index contributed by atoms with van der Waals surface area (Å²) in [6.45, 7) is 5.14. The number of benzene rings is 1. The minimum atomic E-state index is -0.691. The van der Waals surface area contributed by atoms with Crippen molar-refractivity contribution in [1.29, 1.82) is 0 Å². The maximum Gasteiger partial charge on any atom is 0.159 e. The summed E-state index contributed by atoms with van der Waals surface area (Å²) in [5.74, 6) is 1.42. The molecule has 3 nitrogen and oxygen atoms in total. The van der Waals surface area contributed by atoms with Gasteiger partial charge in [0.25, 0.3) is 0 Å². The van der Waals surface area contributed by atoms with Crippen LogP contribution in [0.4, 0.5) is 4.39 Å². The molecule has 0 bridgehead atoms. The number of alkyl halides is 1. The van der Waals surface area contributed by atoms with Crippen LogP contribution in [0.25, 0.3) is 11.4 Å². The molecule has 0 fully saturated rings. The largest absolute Gasteiger partial charge is 0.490 e. The number of aromatic nitrogens is 2. The number of unbranched alkanes of at least 4 members (excludes halogenated alkanes) is 8. The van der Waals surface area contributed by atoms with Crippen molar-refractivity contribution >= 4 is 0 Å². The average molecular weight is 429 g/mol. The van der Waals surface area contributed by atoms with Gasteiger partial charge in [-0.1, -0.05) is 95.9 Å². The molecular weight excluding hydrogens is 387 g/mol. The van der Waals surface area contributed by atoms with Crippen molar-refractivity contribution in [3.63, 3.8) is 0 Å². The van der Waals surface area contributed by atoms with Gasteiger partial charge in [-0.3, -0.25) is 0 Å². The molecule has 0 aliphatic heterocycles. The van der Waals surface area contributed by atoms with Gasteiger partial charge in [-0.15, -0.1) is 0 Å². The fourth-order valence-electron chi connectivity index (χ4n) is 3.69. The van der Waals surface area contributed by atoms with E-state index < -0.39 is 6.17 Å². The van der Waals surface area contributed by atoms with Crippen molar-refractivity contribution in [2.45, 2.75) is 103 Å². The summed E-state index contributed by atoms with van der Waals surface area (Å²) in [6.07, 6.45) is 16.9. The van der Waals surface area contributed by atoms with E-state index in [2.05, 4.69) is 35.9 Å². The lowest BCUT2D eigenvalue weighted by atomic mass is 10.0. The Bertz CT molecular complexity index is 687. The monoisotopic (exact) mass is 428 g/mol. The summed E-state index contributed by atoms with van der Waals surface area (Å²) in [7, 11) is 0. The van der Waals surface area contributed by atoms with Crippen LogP contribution in [0.5, 0.6) is 5.75 Å². The minimum Gasteiger partial charge on any atom is -0.490 e. The van der Waals surface area contributed by atoms with Gasteiger partial charge in [-0.2, -0.15) is 0 Å². The van der Waals surface area contributed by atoms with E-state index in [4.69, 9.17) is 4.74 Å². The molecule has 0 N–H and O–H groups in total. The van der Waals surface area contributed by atoms with Crippen LogP contribution < -0.4 is 4.74 Å². The molecule has 2 aromatic rings. The smallest absolute Gasteiger partial charge is 0.159 e. The molecule has 1 aromatic heterocycles. The summed E-state index contributed by atoms with van der Waals surface area (Å²) in [5, 5.41) is 0. The molecule has 31 heavy (non-hydrogen) atoms. The van der Waals surface area contributed by atoms with Crippen molar-refractivity contribution in [2.75, 3.05) is 6.61 Å². The zero-order valence-electron chi connectivity index (χ0n) is 19.6. The van der Waals surface area contributed by atoms with Crippen LogP contribution in [0.2, 0.25) is 0 Å². The van der Waals surface area contributed by atoms with Gasteiger partial charge in [-0.05, 0) is 31.2 Å². The van der Waals surface area contributed by atoms with Gasteiger partial charge in [0, 0.05) is 5.56 Å². The van der Waals surface area contributed by atoms with E-state index >= 15 is 0 Å². The molecule has 1 atom stereocenters. The molecule has 0 saturated carbocycles. The second-order valence-corrected chi connectivity index (χ2v) is 8.54. The Morgan fingerprint density at radius 3 is 2.06 bits per heavy atom. The average Bonchev–Trinajstić information content (AvgIpc) is 2.81. The molecular formula is C27H41FN2O. The molecule has 1 aromatic carbocycles. The van der Waals surface area contributed by atoms with Crippen LogP contribution in [-0.4, -0.2) is 22.7 Å². The highest BCUT2D eigenvalue weighted by Gasteiger charge is 2.08. The first kappa shape index (κ1) is 25.3.